The number of carbonyl (C=O) groups excluding carboxylic acids is 1. The first-order valence-electron chi connectivity index (χ1n) is 7.59. The van der Waals surface area contributed by atoms with Crippen LogP contribution in [0.15, 0.2) is 50.2 Å². The van der Waals surface area contributed by atoms with Crippen molar-refractivity contribution in [3.8, 4) is 11.5 Å². The van der Waals surface area contributed by atoms with Crippen molar-refractivity contribution in [2.75, 3.05) is 11.5 Å². The Labute approximate surface area is 177 Å². The highest BCUT2D eigenvalue weighted by Crippen LogP contribution is 2.39. The highest BCUT2D eigenvalue weighted by Gasteiger charge is 2.33. The maximum Gasteiger partial charge on any atom is 0.270 e. The van der Waals surface area contributed by atoms with Gasteiger partial charge in [0.15, 0.2) is 15.8 Å². The highest BCUT2D eigenvalue weighted by molar-refractivity contribution is 9.10. The number of anilines is 1. The molecule has 26 heavy (non-hydrogen) atoms. The lowest BCUT2D eigenvalue weighted by molar-refractivity contribution is -0.113. The average molecular weight is 515 g/mol. The Morgan fingerprint density at radius 2 is 2.08 bits per heavy atom. The molecule has 2 aromatic carbocycles. The van der Waals surface area contributed by atoms with Gasteiger partial charge in [0, 0.05) is 4.47 Å². The second-order valence-corrected chi connectivity index (χ2v) is 8.73. The zero-order valence-electron chi connectivity index (χ0n) is 13.5. The van der Waals surface area contributed by atoms with Gasteiger partial charge < -0.3 is 9.84 Å². The Morgan fingerprint density at radius 3 is 2.77 bits per heavy atom. The van der Waals surface area contributed by atoms with E-state index in [1.807, 2.05) is 31.2 Å². The first-order chi connectivity index (χ1) is 12.4. The number of thioether (sulfide) groups is 1. The van der Waals surface area contributed by atoms with Crippen molar-refractivity contribution in [3.05, 3.63) is 55.8 Å². The van der Waals surface area contributed by atoms with Gasteiger partial charge in [-0.2, -0.15) is 0 Å². The number of aromatic hydroxyl groups is 1. The van der Waals surface area contributed by atoms with Crippen molar-refractivity contribution >= 4 is 77.8 Å². The van der Waals surface area contributed by atoms with Crippen molar-refractivity contribution in [2.45, 2.75) is 6.92 Å². The zero-order chi connectivity index (χ0) is 18.8. The number of hydrogen-bond donors (Lipinski definition) is 1. The Bertz CT molecular complexity index is 931. The molecule has 1 N–H and O–H groups in total. The van der Waals surface area contributed by atoms with Crippen LogP contribution in [0.2, 0.25) is 0 Å². The zero-order valence-corrected chi connectivity index (χ0v) is 18.3. The molecule has 1 heterocycles. The predicted molar refractivity (Wildman–Crippen MR) is 117 cm³/mol. The van der Waals surface area contributed by atoms with Gasteiger partial charge in [-0.1, -0.05) is 46.0 Å². The van der Waals surface area contributed by atoms with Crippen LogP contribution in [-0.4, -0.2) is 21.9 Å². The van der Waals surface area contributed by atoms with Gasteiger partial charge >= 0.3 is 0 Å². The number of carbonyl (C=O) groups is 1. The van der Waals surface area contributed by atoms with Gasteiger partial charge in [-0.3, -0.25) is 9.69 Å². The number of benzene rings is 2. The molecule has 0 spiro atoms. The van der Waals surface area contributed by atoms with E-state index in [4.69, 9.17) is 17.0 Å². The van der Waals surface area contributed by atoms with Gasteiger partial charge in [0.25, 0.3) is 5.91 Å². The second kappa shape index (κ2) is 8.12. The van der Waals surface area contributed by atoms with Crippen molar-refractivity contribution in [1.29, 1.82) is 0 Å². The lowest BCUT2D eigenvalue weighted by Gasteiger charge is -2.14. The fraction of sp³-hybridized carbons (Fsp3) is 0.111. The summed E-state index contributed by atoms with van der Waals surface area (Å²) in [7, 11) is 0. The molecule has 1 saturated heterocycles. The van der Waals surface area contributed by atoms with Gasteiger partial charge in [0.1, 0.15) is 0 Å². The number of thiocarbonyl (C=S) groups is 1. The normalized spacial score (nSPS) is 15.8. The molecule has 1 fully saturated rings. The molecule has 1 amide bonds. The van der Waals surface area contributed by atoms with Crippen LogP contribution in [0.25, 0.3) is 6.08 Å². The summed E-state index contributed by atoms with van der Waals surface area (Å²) in [5.74, 6) is 0.210. The summed E-state index contributed by atoms with van der Waals surface area (Å²) in [5, 5.41) is 10.0. The van der Waals surface area contributed by atoms with Crippen LogP contribution in [0, 0.1) is 0 Å². The van der Waals surface area contributed by atoms with E-state index in [0.717, 1.165) is 10.0 Å². The summed E-state index contributed by atoms with van der Waals surface area (Å²) in [4.78, 5) is 14.9. The SMILES string of the molecule is CCOc1cc(/C=C2/SC(=S)N(c3cccc(Br)c3)C2=O)cc(Br)c1O. The third-order valence-electron chi connectivity index (χ3n) is 3.51. The molecule has 0 aromatic heterocycles. The molecule has 4 nitrogen and oxygen atoms in total. The summed E-state index contributed by atoms with van der Waals surface area (Å²) in [6.07, 6.45) is 1.74. The third kappa shape index (κ3) is 3.98. The number of nitrogens with zero attached hydrogens (tertiary/aromatic N) is 1. The maximum atomic E-state index is 12.8. The van der Waals surface area contributed by atoms with E-state index in [-0.39, 0.29) is 11.7 Å². The number of rotatable bonds is 4. The van der Waals surface area contributed by atoms with E-state index >= 15 is 0 Å². The van der Waals surface area contributed by atoms with Crippen molar-refractivity contribution in [1.82, 2.24) is 0 Å². The lowest BCUT2D eigenvalue weighted by Crippen LogP contribution is -2.27. The minimum absolute atomic E-state index is 0.0330. The Hall–Kier alpha value is -1.35. The molecule has 134 valence electrons. The van der Waals surface area contributed by atoms with Gasteiger partial charge in [0.2, 0.25) is 0 Å². The second-order valence-electron chi connectivity index (χ2n) is 5.28. The minimum atomic E-state index is -0.180. The molecule has 0 aliphatic carbocycles. The summed E-state index contributed by atoms with van der Waals surface area (Å²) in [6.45, 7) is 2.26. The van der Waals surface area contributed by atoms with E-state index in [1.54, 1.807) is 18.2 Å². The third-order valence-corrected chi connectivity index (χ3v) is 5.91. The molecule has 1 aliphatic rings. The molecule has 0 unspecified atom stereocenters. The molecule has 0 radical (unpaired) electrons. The van der Waals surface area contributed by atoms with E-state index in [2.05, 4.69) is 31.9 Å². The van der Waals surface area contributed by atoms with Gasteiger partial charge in [-0.15, -0.1) is 0 Å². The first-order valence-corrected chi connectivity index (χ1v) is 10.4. The Kier molecular flexibility index (Phi) is 6.06. The number of amides is 1. The fourth-order valence-electron chi connectivity index (χ4n) is 2.40. The van der Waals surface area contributed by atoms with Gasteiger partial charge in [-0.05, 0) is 64.8 Å². The maximum absolute atomic E-state index is 12.8. The summed E-state index contributed by atoms with van der Waals surface area (Å²) in [5.41, 5.74) is 1.44. The molecular formula is C18H13Br2NO3S2. The van der Waals surface area contributed by atoms with Crippen LogP contribution in [0.3, 0.4) is 0 Å². The summed E-state index contributed by atoms with van der Waals surface area (Å²) >= 11 is 13.3. The Morgan fingerprint density at radius 1 is 1.31 bits per heavy atom. The first kappa shape index (κ1) is 19.4. The predicted octanol–water partition coefficient (Wildman–Crippen LogP) is 5.72. The van der Waals surface area contributed by atoms with Crippen LogP contribution in [0.4, 0.5) is 5.69 Å². The monoisotopic (exact) mass is 513 g/mol. The largest absolute Gasteiger partial charge is 0.503 e. The molecule has 0 saturated carbocycles. The topological polar surface area (TPSA) is 49.8 Å². The van der Waals surface area contributed by atoms with Crippen LogP contribution in [0.1, 0.15) is 12.5 Å². The number of phenolic OH excluding ortho intramolecular Hbond substituents is 1. The molecular weight excluding hydrogens is 502 g/mol. The van der Waals surface area contributed by atoms with Gasteiger partial charge in [-0.25, -0.2) is 0 Å². The average Bonchev–Trinajstić information content (AvgIpc) is 2.86. The van der Waals surface area contributed by atoms with Crippen molar-refractivity contribution < 1.29 is 14.6 Å². The molecule has 8 heteroatoms. The number of halogens is 2. The van der Waals surface area contributed by atoms with E-state index in [1.165, 1.54) is 16.7 Å². The van der Waals surface area contributed by atoms with Gasteiger partial charge in [0.05, 0.1) is 21.7 Å². The number of phenols is 1. The summed E-state index contributed by atoms with van der Waals surface area (Å²) < 4.78 is 7.28. The summed E-state index contributed by atoms with van der Waals surface area (Å²) in [6, 6.07) is 10.8. The Balaban J connectivity index is 1.96. The quantitative estimate of drug-likeness (QED) is 0.417. The van der Waals surface area contributed by atoms with Crippen LogP contribution < -0.4 is 9.64 Å². The molecule has 2 aromatic rings. The number of hydrogen-bond acceptors (Lipinski definition) is 5. The van der Waals surface area contributed by atoms with Crippen LogP contribution in [0.5, 0.6) is 11.5 Å². The van der Waals surface area contributed by atoms with E-state index in [0.29, 0.717) is 31.7 Å². The minimum Gasteiger partial charge on any atom is -0.503 e. The molecule has 0 bridgehead atoms. The lowest BCUT2D eigenvalue weighted by atomic mass is 10.2. The molecule has 1 aliphatic heterocycles. The fourth-order valence-corrected chi connectivity index (χ4v) is 4.55. The standard InChI is InChI=1S/C18H13Br2NO3S2/c1-2-24-14-7-10(6-13(20)16(14)22)8-15-17(23)21(18(25)26-15)12-5-3-4-11(19)9-12/h3-9,22H,2H2,1H3/b15-8+. The highest BCUT2D eigenvalue weighted by atomic mass is 79.9. The smallest absolute Gasteiger partial charge is 0.270 e. The molecule has 0 atom stereocenters. The van der Waals surface area contributed by atoms with Crippen molar-refractivity contribution in [2.24, 2.45) is 0 Å². The van der Waals surface area contributed by atoms with E-state index in [9.17, 15) is 9.90 Å². The number of ether oxygens (including phenoxy) is 1. The molecule has 3 rings (SSSR count). The van der Waals surface area contributed by atoms with Crippen molar-refractivity contribution in [3.63, 3.8) is 0 Å². The van der Waals surface area contributed by atoms with Crippen LogP contribution in [-0.2, 0) is 4.79 Å². The van der Waals surface area contributed by atoms with E-state index < -0.39 is 0 Å². The van der Waals surface area contributed by atoms with Crippen LogP contribution >= 0.6 is 55.8 Å².